The Hall–Kier alpha value is -2.02. The van der Waals surface area contributed by atoms with Crippen molar-refractivity contribution >= 4 is 5.96 Å². The van der Waals surface area contributed by atoms with E-state index in [9.17, 15) is 4.39 Å². The highest BCUT2D eigenvalue weighted by Crippen LogP contribution is 2.10. The smallest absolute Gasteiger partial charge is 0.192 e. The molecule has 0 amide bonds. The van der Waals surface area contributed by atoms with Gasteiger partial charge in [0.15, 0.2) is 5.96 Å². The van der Waals surface area contributed by atoms with Crippen LogP contribution in [0.25, 0.3) is 0 Å². The van der Waals surface area contributed by atoms with Gasteiger partial charge < -0.3 is 10.6 Å². The minimum atomic E-state index is -0.200. The third-order valence-electron chi connectivity index (χ3n) is 2.66. The molecule has 1 aromatic carbocycles. The number of hydrogen-bond acceptors (Lipinski definition) is 1. The number of guanidine groups is 1. The third-order valence-corrected chi connectivity index (χ3v) is 2.66. The minimum absolute atomic E-state index is 0.200. The Morgan fingerprint density at radius 1 is 1.42 bits per heavy atom. The van der Waals surface area contributed by atoms with E-state index >= 15 is 0 Å². The molecule has 0 aliphatic rings. The first kappa shape index (κ1) is 15.0. The van der Waals surface area contributed by atoms with Crippen molar-refractivity contribution in [3.05, 3.63) is 35.1 Å². The molecule has 102 valence electrons. The van der Waals surface area contributed by atoms with Crippen molar-refractivity contribution in [1.29, 1.82) is 0 Å². The van der Waals surface area contributed by atoms with Crippen molar-refractivity contribution in [2.24, 2.45) is 4.99 Å². The van der Waals surface area contributed by atoms with Crippen LogP contribution >= 0.6 is 0 Å². The molecule has 0 aliphatic heterocycles. The Morgan fingerprint density at radius 2 is 2.21 bits per heavy atom. The SMILES string of the molecule is C#CCNC(=NCCc1ccc(F)cc1C)NCC. The summed E-state index contributed by atoms with van der Waals surface area (Å²) in [5, 5.41) is 6.13. The molecule has 19 heavy (non-hydrogen) atoms. The zero-order chi connectivity index (χ0) is 14.1. The number of nitrogens with zero attached hydrogens (tertiary/aromatic N) is 1. The fraction of sp³-hybridized carbons (Fsp3) is 0.400. The summed E-state index contributed by atoms with van der Waals surface area (Å²) in [5.41, 5.74) is 2.06. The molecule has 2 N–H and O–H groups in total. The maximum atomic E-state index is 13.0. The van der Waals surface area contributed by atoms with Gasteiger partial charge in [0, 0.05) is 13.1 Å². The fourth-order valence-electron chi connectivity index (χ4n) is 1.70. The van der Waals surface area contributed by atoms with Gasteiger partial charge in [-0.1, -0.05) is 12.0 Å². The molecule has 0 saturated heterocycles. The quantitative estimate of drug-likeness (QED) is 0.482. The van der Waals surface area contributed by atoms with E-state index in [1.807, 2.05) is 19.9 Å². The molecule has 0 atom stereocenters. The van der Waals surface area contributed by atoms with Crippen molar-refractivity contribution in [2.75, 3.05) is 19.6 Å². The van der Waals surface area contributed by atoms with Gasteiger partial charge in [0.05, 0.1) is 6.54 Å². The number of halogens is 1. The van der Waals surface area contributed by atoms with Gasteiger partial charge in [0.1, 0.15) is 5.82 Å². The normalized spacial score (nSPS) is 10.9. The van der Waals surface area contributed by atoms with Gasteiger partial charge in [-0.2, -0.15) is 0 Å². The molecular weight excluding hydrogens is 241 g/mol. The number of aliphatic imine (C=N–C) groups is 1. The van der Waals surface area contributed by atoms with Crippen molar-refractivity contribution < 1.29 is 4.39 Å². The van der Waals surface area contributed by atoms with Crippen LogP contribution in [0, 0.1) is 25.1 Å². The van der Waals surface area contributed by atoms with E-state index in [4.69, 9.17) is 6.42 Å². The number of rotatable bonds is 5. The molecule has 1 rings (SSSR count). The Morgan fingerprint density at radius 3 is 2.84 bits per heavy atom. The molecule has 0 radical (unpaired) electrons. The second-order valence-electron chi connectivity index (χ2n) is 4.14. The summed E-state index contributed by atoms with van der Waals surface area (Å²) in [4.78, 5) is 4.41. The van der Waals surface area contributed by atoms with E-state index in [1.165, 1.54) is 6.07 Å². The third kappa shape index (κ3) is 5.43. The zero-order valence-corrected chi connectivity index (χ0v) is 11.5. The summed E-state index contributed by atoms with van der Waals surface area (Å²) < 4.78 is 13.0. The van der Waals surface area contributed by atoms with Crippen molar-refractivity contribution in [1.82, 2.24) is 10.6 Å². The summed E-state index contributed by atoms with van der Waals surface area (Å²) >= 11 is 0. The first-order valence-electron chi connectivity index (χ1n) is 6.38. The van der Waals surface area contributed by atoms with Crippen LogP contribution < -0.4 is 10.6 Å². The van der Waals surface area contributed by atoms with E-state index < -0.39 is 0 Å². The zero-order valence-electron chi connectivity index (χ0n) is 11.5. The largest absolute Gasteiger partial charge is 0.357 e. The highest BCUT2D eigenvalue weighted by molar-refractivity contribution is 5.79. The summed E-state index contributed by atoms with van der Waals surface area (Å²) in [5.74, 6) is 3.01. The molecule has 3 nitrogen and oxygen atoms in total. The first-order valence-corrected chi connectivity index (χ1v) is 6.38. The molecule has 0 bridgehead atoms. The van der Waals surface area contributed by atoms with Crippen molar-refractivity contribution in [3.63, 3.8) is 0 Å². The second kappa shape index (κ2) is 8.15. The summed E-state index contributed by atoms with van der Waals surface area (Å²) in [6.07, 6.45) is 5.97. The van der Waals surface area contributed by atoms with E-state index in [0.29, 0.717) is 19.0 Å². The van der Waals surface area contributed by atoms with Crippen LogP contribution in [-0.4, -0.2) is 25.6 Å². The van der Waals surface area contributed by atoms with E-state index in [1.54, 1.807) is 6.07 Å². The Kier molecular flexibility index (Phi) is 6.45. The molecule has 0 aliphatic carbocycles. The highest BCUT2D eigenvalue weighted by atomic mass is 19.1. The average molecular weight is 261 g/mol. The summed E-state index contributed by atoms with van der Waals surface area (Å²) in [7, 11) is 0. The molecule has 0 unspecified atom stereocenters. The molecule has 4 heteroatoms. The number of nitrogens with one attached hydrogen (secondary N) is 2. The number of terminal acetylenes is 1. The van der Waals surface area contributed by atoms with Crippen LogP contribution in [0.4, 0.5) is 4.39 Å². The van der Waals surface area contributed by atoms with Gasteiger partial charge >= 0.3 is 0 Å². The van der Waals surface area contributed by atoms with Crippen molar-refractivity contribution in [2.45, 2.75) is 20.3 Å². The van der Waals surface area contributed by atoms with Gasteiger partial charge in [0.2, 0.25) is 0 Å². The number of aryl methyl sites for hydroxylation is 1. The summed E-state index contributed by atoms with van der Waals surface area (Å²) in [6, 6.07) is 4.83. The Labute approximate surface area is 114 Å². The maximum Gasteiger partial charge on any atom is 0.192 e. The van der Waals surface area contributed by atoms with Crippen LogP contribution in [-0.2, 0) is 6.42 Å². The molecular formula is C15H20FN3. The number of benzene rings is 1. The second-order valence-corrected chi connectivity index (χ2v) is 4.14. The molecule has 0 fully saturated rings. The molecule has 0 heterocycles. The van der Waals surface area contributed by atoms with Crippen LogP contribution in [0.1, 0.15) is 18.1 Å². The topological polar surface area (TPSA) is 36.4 Å². The van der Waals surface area contributed by atoms with Crippen LogP contribution in [0.15, 0.2) is 23.2 Å². The molecule has 0 saturated carbocycles. The monoisotopic (exact) mass is 261 g/mol. The predicted molar refractivity (Wildman–Crippen MR) is 77.7 cm³/mol. The summed E-state index contributed by atoms with van der Waals surface area (Å²) in [6.45, 7) is 5.76. The fourth-order valence-corrected chi connectivity index (χ4v) is 1.70. The lowest BCUT2D eigenvalue weighted by atomic mass is 10.1. The standard InChI is InChI=1S/C15H20FN3/c1-4-9-18-15(17-5-2)19-10-8-13-6-7-14(16)11-12(13)3/h1,6-7,11H,5,8-10H2,2-3H3,(H2,17,18,19). The van der Waals surface area contributed by atoms with Gasteiger partial charge in [-0.05, 0) is 43.5 Å². The van der Waals surface area contributed by atoms with E-state index in [-0.39, 0.29) is 5.82 Å². The molecule has 0 aromatic heterocycles. The Balaban J connectivity index is 2.56. The van der Waals surface area contributed by atoms with Gasteiger partial charge in [0.25, 0.3) is 0 Å². The van der Waals surface area contributed by atoms with E-state index in [0.717, 1.165) is 24.1 Å². The van der Waals surface area contributed by atoms with Crippen molar-refractivity contribution in [3.8, 4) is 12.3 Å². The van der Waals surface area contributed by atoms with E-state index in [2.05, 4.69) is 21.5 Å². The predicted octanol–water partition coefficient (Wildman–Crippen LogP) is 1.86. The molecule has 0 spiro atoms. The van der Waals surface area contributed by atoms with Gasteiger partial charge in [-0.3, -0.25) is 4.99 Å². The van der Waals surface area contributed by atoms with Crippen LogP contribution in [0.5, 0.6) is 0 Å². The van der Waals surface area contributed by atoms with Gasteiger partial charge in [-0.15, -0.1) is 6.42 Å². The molecule has 1 aromatic rings. The van der Waals surface area contributed by atoms with Crippen LogP contribution in [0.3, 0.4) is 0 Å². The first-order chi connectivity index (χ1) is 9.17. The lowest BCUT2D eigenvalue weighted by molar-refractivity contribution is 0.625. The Bertz CT molecular complexity index is 475. The maximum absolute atomic E-state index is 13.0. The minimum Gasteiger partial charge on any atom is -0.357 e. The number of hydrogen-bond donors (Lipinski definition) is 2. The highest BCUT2D eigenvalue weighted by Gasteiger charge is 2.00. The lowest BCUT2D eigenvalue weighted by Gasteiger charge is -2.09. The average Bonchev–Trinajstić information content (AvgIpc) is 2.38. The van der Waals surface area contributed by atoms with Crippen LogP contribution in [0.2, 0.25) is 0 Å². The lowest BCUT2D eigenvalue weighted by Crippen LogP contribution is -2.37. The van der Waals surface area contributed by atoms with Gasteiger partial charge in [-0.25, -0.2) is 4.39 Å².